The maximum absolute atomic E-state index is 10.6. The quantitative estimate of drug-likeness (QED) is 0.807. The fraction of sp³-hybridized carbons (Fsp3) is 0.727. The molecule has 4 heteroatoms. The molecule has 86 valence electrons. The molecule has 1 rings (SSSR count). The van der Waals surface area contributed by atoms with Gasteiger partial charge in [-0.25, -0.2) is 0 Å². The monoisotopic (exact) mass is 231 g/mol. The fourth-order valence-electron chi connectivity index (χ4n) is 2.10. The van der Waals surface area contributed by atoms with Crippen LogP contribution < -0.4 is 0 Å². The summed E-state index contributed by atoms with van der Waals surface area (Å²) >= 11 is 5.61. The van der Waals surface area contributed by atoms with Crippen molar-refractivity contribution in [3.8, 4) is 0 Å². The Morgan fingerprint density at radius 1 is 1.67 bits per heavy atom. The van der Waals surface area contributed by atoms with E-state index in [1.165, 1.54) is 0 Å². The predicted molar refractivity (Wildman–Crippen MR) is 61.0 cm³/mol. The second-order valence-corrected chi connectivity index (χ2v) is 4.51. The third kappa shape index (κ3) is 4.67. The van der Waals surface area contributed by atoms with Gasteiger partial charge in [0.25, 0.3) is 0 Å². The molecule has 15 heavy (non-hydrogen) atoms. The number of carboxylic acid groups (broad SMARTS) is 1. The summed E-state index contributed by atoms with van der Waals surface area (Å²) < 4.78 is 0. The summed E-state index contributed by atoms with van der Waals surface area (Å²) in [6.07, 6.45) is 2.42. The first-order valence-electron chi connectivity index (χ1n) is 5.32. The molecule has 0 aromatic rings. The molecule has 0 radical (unpaired) electrons. The van der Waals surface area contributed by atoms with Crippen LogP contribution in [0.15, 0.2) is 11.1 Å². The zero-order valence-corrected chi connectivity index (χ0v) is 9.83. The van der Waals surface area contributed by atoms with Gasteiger partial charge < -0.3 is 5.11 Å². The molecule has 1 aliphatic heterocycles. The number of carboxylic acids is 1. The molecule has 1 saturated heterocycles. The van der Waals surface area contributed by atoms with Gasteiger partial charge in [0, 0.05) is 25.0 Å². The van der Waals surface area contributed by atoms with Crippen molar-refractivity contribution in [2.45, 2.75) is 26.2 Å². The van der Waals surface area contributed by atoms with Crippen LogP contribution in [0.4, 0.5) is 0 Å². The highest BCUT2D eigenvalue weighted by atomic mass is 35.5. The topological polar surface area (TPSA) is 40.5 Å². The Labute approximate surface area is 95.7 Å². The average molecular weight is 232 g/mol. The van der Waals surface area contributed by atoms with Crippen molar-refractivity contribution in [2.75, 3.05) is 19.6 Å². The average Bonchev–Trinajstić information content (AvgIpc) is 2.17. The first-order valence-corrected chi connectivity index (χ1v) is 5.75. The number of piperidine rings is 1. The predicted octanol–water partition coefficient (Wildman–Crippen LogP) is 2.32. The summed E-state index contributed by atoms with van der Waals surface area (Å²) in [6, 6.07) is 0. The van der Waals surface area contributed by atoms with Crippen molar-refractivity contribution in [1.29, 1.82) is 0 Å². The van der Waals surface area contributed by atoms with Crippen LogP contribution in [-0.2, 0) is 4.79 Å². The van der Waals surface area contributed by atoms with Gasteiger partial charge in [0.05, 0.1) is 0 Å². The third-order valence-electron chi connectivity index (χ3n) is 2.73. The first-order chi connectivity index (χ1) is 7.11. The van der Waals surface area contributed by atoms with Crippen molar-refractivity contribution in [2.24, 2.45) is 5.92 Å². The Kier molecular flexibility index (Phi) is 5.12. The van der Waals surface area contributed by atoms with E-state index in [0.29, 0.717) is 12.3 Å². The van der Waals surface area contributed by atoms with Crippen LogP contribution in [0, 0.1) is 5.92 Å². The molecule has 1 aliphatic rings. The molecule has 0 amide bonds. The number of nitrogens with zero attached hydrogens (tertiary/aromatic N) is 1. The molecule has 3 nitrogen and oxygen atoms in total. The standard InChI is InChI=1S/C11H18ClNO2/c1-9(6-12)7-13-4-2-3-10(8-13)5-11(14)15/h6,10H,2-5,7-8H2,1H3,(H,14,15). The smallest absolute Gasteiger partial charge is 0.303 e. The molecular formula is C11H18ClNO2. The summed E-state index contributed by atoms with van der Waals surface area (Å²) in [5.41, 5.74) is 2.73. The Morgan fingerprint density at radius 2 is 2.40 bits per heavy atom. The van der Waals surface area contributed by atoms with Gasteiger partial charge in [-0.1, -0.05) is 11.6 Å². The molecule has 1 fully saturated rings. The van der Waals surface area contributed by atoms with Gasteiger partial charge in [0.2, 0.25) is 0 Å². The maximum atomic E-state index is 10.6. The molecular weight excluding hydrogens is 214 g/mol. The van der Waals surface area contributed by atoms with Crippen molar-refractivity contribution >= 4 is 17.6 Å². The van der Waals surface area contributed by atoms with E-state index in [2.05, 4.69) is 4.90 Å². The van der Waals surface area contributed by atoms with Gasteiger partial charge in [0.1, 0.15) is 0 Å². The molecule has 0 aromatic carbocycles. The molecule has 0 aliphatic carbocycles. The first kappa shape index (κ1) is 12.5. The summed E-state index contributed by atoms with van der Waals surface area (Å²) in [5.74, 6) is -0.383. The summed E-state index contributed by atoms with van der Waals surface area (Å²) in [6.45, 7) is 4.79. The second-order valence-electron chi connectivity index (χ2n) is 4.30. The van der Waals surface area contributed by atoms with Crippen LogP contribution in [-0.4, -0.2) is 35.6 Å². The van der Waals surface area contributed by atoms with E-state index in [4.69, 9.17) is 16.7 Å². The lowest BCUT2D eigenvalue weighted by molar-refractivity contribution is -0.138. The van der Waals surface area contributed by atoms with E-state index >= 15 is 0 Å². The van der Waals surface area contributed by atoms with Gasteiger partial charge in [-0.05, 0) is 37.8 Å². The number of halogens is 1. The lowest BCUT2D eigenvalue weighted by atomic mass is 9.94. The Morgan fingerprint density at radius 3 is 3.00 bits per heavy atom. The normalized spacial score (nSPS) is 24.1. The zero-order valence-electron chi connectivity index (χ0n) is 9.08. The van der Waals surface area contributed by atoms with E-state index in [1.54, 1.807) is 5.54 Å². The molecule has 1 N–H and O–H groups in total. The van der Waals surface area contributed by atoms with Gasteiger partial charge in [0.15, 0.2) is 0 Å². The van der Waals surface area contributed by atoms with Crippen molar-refractivity contribution in [3.05, 3.63) is 11.1 Å². The maximum Gasteiger partial charge on any atom is 0.303 e. The van der Waals surface area contributed by atoms with Gasteiger partial charge >= 0.3 is 5.97 Å². The molecule has 0 aromatic heterocycles. The minimum Gasteiger partial charge on any atom is -0.481 e. The van der Waals surface area contributed by atoms with Crippen LogP contribution in [0.1, 0.15) is 26.2 Å². The SMILES string of the molecule is CC(=CCl)CN1CCCC(CC(=O)O)C1. The van der Waals surface area contributed by atoms with Gasteiger partial charge in [-0.3, -0.25) is 9.69 Å². The van der Waals surface area contributed by atoms with Crippen molar-refractivity contribution in [3.63, 3.8) is 0 Å². The molecule has 0 saturated carbocycles. The summed E-state index contributed by atoms with van der Waals surface area (Å²) in [5, 5.41) is 8.73. The highest BCUT2D eigenvalue weighted by Gasteiger charge is 2.21. The number of rotatable bonds is 4. The minimum atomic E-state index is -0.688. The van der Waals surface area contributed by atoms with Crippen molar-refractivity contribution < 1.29 is 9.90 Å². The second kappa shape index (κ2) is 6.13. The number of hydrogen-bond acceptors (Lipinski definition) is 2. The van der Waals surface area contributed by atoms with E-state index in [1.807, 2.05) is 6.92 Å². The minimum absolute atomic E-state index is 0.292. The number of carbonyl (C=O) groups is 1. The zero-order chi connectivity index (χ0) is 11.3. The highest BCUT2D eigenvalue weighted by Crippen LogP contribution is 2.20. The van der Waals surface area contributed by atoms with Gasteiger partial charge in [-0.15, -0.1) is 0 Å². The molecule has 0 bridgehead atoms. The van der Waals surface area contributed by atoms with Crippen LogP contribution in [0.2, 0.25) is 0 Å². The van der Waals surface area contributed by atoms with E-state index in [-0.39, 0.29) is 0 Å². The Balaban J connectivity index is 2.38. The molecule has 0 spiro atoms. The highest BCUT2D eigenvalue weighted by molar-refractivity contribution is 6.25. The van der Waals surface area contributed by atoms with Crippen LogP contribution in [0.25, 0.3) is 0 Å². The van der Waals surface area contributed by atoms with E-state index < -0.39 is 5.97 Å². The lowest BCUT2D eigenvalue weighted by Crippen LogP contribution is -2.37. The van der Waals surface area contributed by atoms with Crippen LogP contribution in [0.5, 0.6) is 0 Å². The van der Waals surface area contributed by atoms with Gasteiger partial charge in [-0.2, -0.15) is 0 Å². The van der Waals surface area contributed by atoms with E-state index in [9.17, 15) is 4.79 Å². The van der Waals surface area contributed by atoms with Crippen molar-refractivity contribution in [1.82, 2.24) is 4.90 Å². The molecule has 1 heterocycles. The number of hydrogen-bond donors (Lipinski definition) is 1. The lowest BCUT2D eigenvalue weighted by Gasteiger charge is -2.32. The molecule has 1 unspecified atom stereocenters. The summed E-state index contributed by atoms with van der Waals surface area (Å²) in [7, 11) is 0. The molecule has 1 atom stereocenters. The van der Waals surface area contributed by atoms with Crippen LogP contribution >= 0.6 is 11.6 Å². The Hall–Kier alpha value is -0.540. The summed E-state index contributed by atoms with van der Waals surface area (Å²) in [4.78, 5) is 12.9. The Bertz CT molecular complexity index is 253. The fourth-order valence-corrected chi connectivity index (χ4v) is 2.16. The van der Waals surface area contributed by atoms with Crippen LogP contribution in [0.3, 0.4) is 0 Å². The largest absolute Gasteiger partial charge is 0.481 e. The third-order valence-corrected chi connectivity index (χ3v) is 3.10. The number of aliphatic carboxylic acids is 1. The number of likely N-dealkylation sites (tertiary alicyclic amines) is 1. The van der Waals surface area contributed by atoms with E-state index in [0.717, 1.165) is 38.0 Å².